The first-order chi connectivity index (χ1) is 10.0. The van der Waals surface area contributed by atoms with Crippen molar-refractivity contribution >= 4 is 23.3 Å². The van der Waals surface area contributed by atoms with Crippen LogP contribution in [0.2, 0.25) is 5.02 Å². The SMILES string of the molecule is CCOC(=O)c1cc(Oc2ccc(F)c(Cl)c2)ncc1N. The fourth-order valence-corrected chi connectivity index (χ4v) is 1.72. The Morgan fingerprint density at radius 1 is 1.43 bits per heavy atom. The molecule has 0 unspecified atom stereocenters. The van der Waals surface area contributed by atoms with Gasteiger partial charge in [0.05, 0.1) is 29.1 Å². The highest BCUT2D eigenvalue weighted by Crippen LogP contribution is 2.26. The summed E-state index contributed by atoms with van der Waals surface area (Å²) in [5.41, 5.74) is 6.00. The van der Waals surface area contributed by atoms with Crippen molar-refractivity contribution in [3.05, 3.63) is 46.9 Å². The summed E-state index contributed by atoms with van der Waals surface area (Å²) in [4.78, 5) is 15.6. The highest BCUT2D eigenvalue weighted by atomic mass is 35.5. The highest BCUT2D eigenvalue weighted by molar-refractivity contribution is 6.30. The number of nitrogens with zero attached hydrogens (tertiary/aromatic N) is 1. The van der Waals surface area contributed by atoms with Gasteiger partial charge in [-0.15, -0.1) is 0 Å². The van der Waals surface area contributed by atoms with E-state index >= 15 is 0 Å². The minimum absolute atomic E-state index is 0.0754. The first-order valence-corrected chi connectivity index (χ1v) is 6.44. The van der Waals surface area contributed by atoms with Crippen LogP contribution in [0, 0.1) is 5.82 Å². The first kappa shape index (κ1) is 15.1. The van der Waals surface area contributed by atoms with Gasteiger partial charge in [0.1, 0.15) is 11.6 Å². The van der Waals surface area contributed by atoms with Crippen LogP contribution in [-0.4, -0.2) is 17.6 Å². The predicted octanol–water partition coefficient (Wildman–Crippen LogP) is 3.43. The Balaban J connectivity index is 2.26. The molecule has 0 radical (unpaired) electrons. The summed E-state index contributed by atoms with van der Waals surface area (Å²) < 4.78 is 23.4. The second-order valence-corrected chi connectivity index (χ2v) is 4.42. The van der Waals surface area contributed by atoms with Crippen molar-refractivity contribution in [3.63, 3.8) is 0 Å². The van der Waals surface area contributed by atoms with E-state index in [1.807, 2.05) is 0 Å². The number of carbonyl (C=O) groups excluding carboxylic acids is 1. The van der Waals surface area contributed by atoms with Crippen LogP contribution in [0.15, 0.2) is 30.5 Å². The van der Waals surface area contributed by atoms with Crippen molar-refractivity contribution in [1.82, 2.24) is 4.98 Å². The zero-order chi connectivity index (χ0) is 15.4. The van der Waals surface area contributed by atoms with E-state index < -0.39 is 11.8 Å². The Kier molecular flexibility index (Phi) is 4.59. The normalized spacial score (nSPS) is 10.2. The Bertz CT molecular complexity index is 679. The maximum Gasteiger partial charge on any atom is 0.340 e. The fraction of sp³-hybridized carbons (Fsp3) is 0.143. The molecule has 1 heterocycles. The molecule has 0 bridgehead atoms. The minimum Gasteiger partial charge on any atom is -0.462 e. The van der Waals surface area contributed by atoms with Crippen LogP contribution in [0.3, 0.4) is 0 Å². The largest absolute Gasteiger partial charge is 0.462 e. The van der Waals surface area contributed by atoms with E-state index in [1.54, 1.807) is 6.92 Å². The number of hydrogen-bond donors (Lipinski definition) is 1. The Morgan fingerprint density at radius 3 is 2.86 bits per heavy atom. The summed E-state index contributed by atoms with van der Waals surface area (Å²) in [6, 6.07) is 5.22. The van der Waals surface area contributed by atoms with Gasteiger partial charge in [-0.2, -0.15) is 0 Å². The van der Waals surface area contributed by atoms with E-state index in [2.05, 4.69) is 4.98 Å². The van der Waals surface area contributed by atoms with E-state index in [9.17, 15) is 9.18 Å². The number of anilines is 1. The van der Waals surface area contributed by atoms with Gasteiger partial charge in [0, 0.05) is 12.1 Å². The van der Waals surface area contributed by atoms with E-state index in [1.165, 1.54) is 30.5 Å². The summed E-state index contributed by atoms with van der Waals surface area (Å²) in [6.07, 6.45) is 1.28. The third-order valence-electron chi connectivity index (χ3n) is 2.52. The second-order valence-electron chi connectivity index (χ2n) is 4.01. The fourth-order valence-electron chi connectivity index (χ4n) is 1.55. The van der Waals surface area contributed by atoms with Gasteiger partial charge in [0.2, 0.25) is 5.88 Å². The average molecular weight is 311 g/mol. The molecule has 1 aromatic heterocycles. The lowest BCUT2D eigenvalue weighted by Gasteiger charge is -2.09. The molecule has 0 saturated carbocycles. The van der Waals surface area contributed by atoms with Crippen molar-refractivity contribution < 1.29 is 18.7 Å². The van der Waals surface area contributed by atoms with Gasteiger partial charge >= 0.3 is 5.97 Å². The number of benzene rings is 1. The number of nitrogens with two attached hydrogens (primary N) is 1. The standard InChI is InChI=1S/C14H12ClFN2O3/c1-2-20-14(19)9-6-13(18-7-12(9)17)21-8-3-4-11(16)10(15)5-8/h3-7H,2,17H2,1H3. The molecule has 2 aromatic rings. The molecule has 1 aromatic carbocycles. The van der Waals surface area contributed by atoms with Gasteiger partial charge in [0.25, 0.3) is 0 Å². The van der Waals surface area contributed by atoms with Crippen LogP contribution in [0.5, 0.6) is 11.6 Å². The van der Waals surface area contributed by atoms with Gasteiger partial charge in [-0.3, -0.25) is 0 Å². The molecule has 2 rings (SSSR count). The molecule has 0 atom stereocenters. The van der Waals surface area contributed by atoms with Gasteiger partial charge < -0.3 is 15.2 Å². The molecule has 0 spiro atoms. The quantitative estimate of drug-likeness (QED) is 0.876. The molecule has 21 heavy (non-hydrogen) atoms. The van der Waals surface area contributed by atoms with Crippen molar-refractivity contribution in [2.24, 2.45) is 0 Å². The molecule has 7 heteroatoms. The third-order valence-corrected chi connectivity index (χ3v) is 2.81. The molecule has 0 saturated heterocycles. The number of pyridine rings is 1. The number of rotatable bonds is 4. The van der Waals surface area contributed by atoms with Crippen molar-refractivity contribution in [2.75, 3.05) is 12.3 Å². The number of esters is 1. The molecule has 0 amide bonds. The lowest BCUT2D eigenvalue weighted by Crippen LogP contribution is -2.08. The molecule has 5 nitrogen and oxygen atoms in total. The number of halogens is 2. The Labute approximate surface area is 125 Å². The van der Waals surface area contributed by atoms with Gasteiger partial charge in [-0.25, -0.2) is 14.2 Å². The summed E-state index contributed by atoms with van der Waals surface area (Å²) in [5.74, 6) is -0.718. The molecule has 0 fully saturated rings. The van der Waals surface area contributed by atoms with E-state index in [4.69, 9.17) is 26.8 Å². The molecule has 0 aliphatic carbocycles. The molecular weight excluding hydrogens is 299 g/mol. The summed E-state index contributed by atoms with van der Waals surface area (Å²) in [5, 5.41) is -0.0754. The van der Waals surface area contributed by atoms with Gasteiger partial charge in [-0.05, 0) is 19.1 Å². The van der Waals surface area contributed by atoms with Gasteiger partial charge in [-0.1, -0.05) is 11.6 Å². The zero-order valence-corrected chi connectivity index (χ0v) is 11.9. The maximum atomic E-state index is 13.1. The number of aromatic nitrogens is 1. The van der Waals surface area contributed by atoms with Crippen LogP contribution < -0.4 is 10.5 Å². The van der Waals surface area contributed by atoms with Crippen LogP contribution in [0.25, 0.3) is 0 Å². The molecule has 2 N–H and O–H groups in total. The monoisotopic (exact) mass is 310 g/mol. The number of ether oxygens (including phenoxy) is 2. The lowest BCUT2D eigenvalue weighted by atomic mass is 10.2. The number of carbonyl (C=O) groups is 1. The zero-order valence-electron chi connectivity index (χ0n) is 11.1. The third kappa shape index (κ3) is 3.61. The van der Waals surface area contributed by atoms with E-state index in [0.717, 1.165) is 0 Å². The molecular formula is C14H12ClFN2O3. The summed E-state index contributed by atoms with van der Waals surface area (Å²) >= 11 is 5.66. The summed E-state index contributed by atoms with van der Waals surface area (Å²) in [7, 11) is 0. The van der Waals surface area contributed by atoms with Crippen LogP contribution in [-0.2, 0) is 4.74 Å². The van der Waals surface area contributed by atoms with Crippen LogP contribution >= 0.6 is 11.6 Å². The van der Waals surface area contributed by atoms with Crippen LogP contribution in [0.1, 0.15) is 17.3 Å². The molecule has 0 aliphatic rings. The highest BCUT2D eigenvalue weighted by Gasteiger charge is 2.13. The maximum absolute atomic E-state index is 13.1. The van der Waals surface area contributed by atoms with Crippen molar-refractivity contribution in [3.8, 4) is 11.6 Å². The van der Waals surface area contributed by atoms with Crippen molar-refractivity contribution in [2.45, 2.75) is 6.92 Å². The molecule has 0 aliphatic heterocycles. The lowest BCUT2D eigenvalue weighted by molar-refractivity contribution is 0.0527. The topological polar surface area (TPSA) is 74.4 Å². The predicted molar refractivity (Wildman–Crippen MR) is 76.1 cm³/mol. The Hall–Kier alpha value is -2.34. The van der Waals surface area contributed by atoms with Gasteiger partial charge in [0.15, 0.2) is 0 Å². The smallest absolute Gasteiger partial charge is 0.340 e. The van der Waals surface area contributed by atoms with E-state index in [0.29, 0.717) is 0 Å². The first-order valence-electron chi connectivity index (χ1n) is 6.06. The average Bonchev–Trinajstić information content (AvgIpc) is 2.45. The minimum atomic E-state index is -0.570. The second kappa shape index (κ2) is 6.41. The summed E-state index contributed by atoms with van der Waals surface area (Å²) in [6.45, 7) is 1.91. The number of nitrogen functional groups attached to an aromatic ring is 1. The van der Waals surface area contributed by atoms with Crippen LogP contribution in [0.4, 0.5) is 10.1 Å². The number of hydrogen-bond acceptors (Lipinski definition) is 5. The van der Waals surface area contributed by atoms with Crippen molar-refractivity contribution in [1.29, 1.82) is 0 Å². The molecule has 110 valence electrons. The Morgan fingerprint density at radius 2 is 2.19 bits per heavy atom. The van der Waals surface area contributed by atoms with E-state index in [-0.39, 0.29) is 34.5 Å².